The molecule has 0 aliphatic rings. The van der Waals surface area contributed by atoms with Crippen LogP contribution in [0, 0.1) is 11.3 Å². The molecule has 0 aromatic heterocycles. The van der Waals surface area contributed by atoms with E-state index in [0.29, 0.717) is 0 Å². The number of benzene rings is 1. The Hall–Kier alpha value is -1.29. The summed E-state index contributed by atoms with van der Waals surface area (Å²) in [4.78, 5) is 0. The van der Waals surface area contributed by atoms with Crippen LogP contribution in [0.4, 0.5) is 0 Å². The fourth-order valence-corrected chi connectivity index (χ4v) is 1.75. The third-order valence-corrected chi connectivity index (χ3v) is 2.74. The Morgan fingerprint density at radius 3 is 2.73 bits per heavy atom. The molecule has 0 saturated heterocycles. The highest BCUT2D eigenvalue weighted by Gasteiger charge is 2.07. The molecule has 1 atom stereocenters. The van der Waals surface area contributed by atoms with Crippen molar-refractivity contribution in [1.29, 1.82) is 5.26 Å². The lowest BCUT2D eigenvalue weighted by molar-refractivity contribution is 0.785. The Bertz CT molecular complexity index is 335. The quantitative estimate of drug-likeness (QED) is 0.705. The van der Waals surface area contributed by atoms with Gasteiger partial charge in [0, 0.05) is 0 Å². The number of nitriles is 1. The van der Waals surface area contributed by atoms with Crippen molar-refractivity contribution in [1.82, 2.24) is 0 Å². The molecular weight excluding hydrogens is 182 g/mol. The Morgan fingerprint density at radius 1 is 1.33 bits per heavy atom. The van der Waals surface area contributed by atoms with Gasteiger partial charge >= 0.3 is 0 Å². The molecule has 1 nitrogen and oxygen atoms in total. The van der Waals surface area contributed by atoms with Crippen molar-refractivity contribution in [3.05, 3.63) is 35.4 Å². The van der Waals surface area contributed by atoms with E-state index in [1.807, 2.05) is 0 Å². The second-order valence-corrected chi connectivity index (χ2v) is 3.94. The first-order valence-corrected chi connectivity index (χ1v) is 5.80. The molecule has 0 aliphatic heterocycles. The summed E-state index contributed by atoms with van der Waals surface area (Å²) in [6, 6.07) is 10.8. The van der Waals surface area contributed by atoms with E-state index in [4.69, 9.17) is 5.26 Å². The van der Waals surface area contributed by atoms with Gasteiger partial charge in [-0.05, 0) is 30.4 Å². The van der Waals surface area contributed by atoms with Gasteiger partial charge in [-0.15, -0.1) is 0 Å². The second kappa shape index (κ2) is 6.24. The summed E-state index contributed by atoms with van der Waals surface area (Å²) in [7, 11) is 0. The summed E-state index contributed by atoms with van der Waals surface area (Å²) in [5.74, 6) is 0.0616. The van der Waals surface area contributed by atoms with Crippen LogP contribution in [0.25, 0.3) is 0 Å². The van der Waals surface area contributed by atoms with Gasteiger partial charge in [-0.25, -0.2) is 0 Å². The lowest BCUT2D eigenvalue weighted by atomic mass is 9.95. The first kappa shape index (κ1) is 11.8. The standard InChI is InChI=1S/C14H19N/c1-3-5-7-12-8-6-9-14(10-12)13(4-2)11-15/h6,8-10,13H,3-5,7H2,1-2H3. The van der Waals surface area contributed by atoms with E-state index < -0.39 is 0 Å². The van der Waals surface area contributed by atoms with Gasteiger partial charge in [0.2, 0.25) is 0 Å². The minimum absolute atomic E-state index is 0.0616. The lowest BCUT2D eigenvalue weighted by Crippen LogP contribution is -1.95. The zero-order valence-electron chi connectivity index (χ0n) is 9.66. The second-order valence-electron chi connectivity index (χ2n) is 3.94. The summed E-state index contributed by atoms with van der Waals surface area (Å²) in [6.45, 7) is 4.26. The number of rotatable bonds is 5. The van der Waals surface area contributed by atoms with Gasteiger partial charge in [-0.3, -0.25) is 0 Å². The first-order valence-electron chi connectivity index (χ1n) is 5.80. The van der Waals surface area contributed by atoms with Crippen molar-refractivity contribution in [2.24, 2.45) is 0 Å². The zero-order chi connectivity index (χ0) is 11.1. The van der Waals surface area contributed by atoms with E-state index in [0.717, 1.165) is 12.8 Å². The molecule has 1 heteroatoms. The van der Waals surface area contributed by atoms with E-state index in [1.165, 1.54) is 24.0 Å². The summed E-state index contributed by atoms with van der Waals surface area (Å²) >= 11 is 0. The summed E-state index contributed by atoms with van der Waals surface area (Å²) < 4.78 is 0. The maximum absolute atomic E-state index is 9.00. The molecule has 1 rings (SSSR count). The Morgan fingerprint density at radius 2 is 2.13 bits per heavy atom. The Balaban J connectivity index is 2.78. The maximum Gasteiger partial charge on any atom is 0.0710 e. The van der Waals surface area contributed by atoms with E-state index in [2.05, 4.69) is 44.2 Å². The van der Waals surface area contributed by atoms with Crippen molar-refractivity contribution in [2.45, 2.75) is 45.4 Å². The number of hydrogen-bond acceptors (Lipinski definition) is 1. The van der Waals surface area contributed by atoms with E-state index in [9.17, 15) is 0 Å². The molecule has 0 N–H and O–H groups in total. The number of nitrogens with zero attached hydrogens (tertiary/aromatic N) is 1. The molecular formula is C14H19N. The van der Waals surface area contributed by atoms with Crippen LogP contribution in [0.2, 0.25) is 0 Å². The minimum atomic E-state index is 0.0616. The average molecular weight is 201 g/mol. The molecule has 1 unspecified atom stereocenters. The molecule has 0 bridgehead atoms. The highest BCUT2D eigenvalue weighted by molar-refractivity contribution is 5.29. The molecule has 0 heterocycles. The van der Waals surface area contributed by atoms with Gasteiger partial charge in [0.05, 0.1) is 12.0 Å². The van der Waals surface area contributed by atoms with Crippen LogP contribution in [0.5, 0.6) is 0 Å². The van der Waals surface area contributed by atoms with Gasteiger partial charge in [0.15, 0.2) is 0 Å². The molecule has 0 radical (unpaired) electrons. The predicted molar refractivity (Wildman–Crippen MR) is 63.7 cm³/mol. The minimum Gasteiger partial charge on any atom is -0.198 e. The highest BCUT2D eigenvalue weighted by atomic mass is 14.3. The summed E-state index contributed by atoms with van der Waals surface area (Å²) in [5.41, 5.74) is 2.54. The van der Waals surface area contributed by atoms with Crippen LogP contribution in [0.3, 0.4) is 0 Å². The van der Waals surface area contributed by atoms with Crippen LogP contribution < -0.4 is 0 Å². The number of unbranched alkanes of at least 4 members (excludes halogenated alkanes) is 1. The van der Waals surface area contributed by atoms with Crippen molar-refractivity contribution in [2.75, 3.05) is 0 Å². The lowest BCUT2D eigenvalue weighted by Gasteiger charge is -2.08. The summed E-state index contributed by atoms with van der Waals surface area (Å²) in [6.07, 6.45) is 4.48. The van der Waals surface area contributed by atoms with Crippen molar-refractivity contribution in [3.63, 3.8) is 0 Å². The summed E-state index contributed by atoms with van der Waals surface area (Å²) in [5, 5.41) is 9.00. The molecule has 0 saturated carbocycles. The van der Waals surface area contributed by atoms with Crippen LogP contribution in [0.15, 0.2) is 24.3 Å². The third kappa shape index (κ3) is 3.40. The highest BCUT2D eigenvalue weighted by Crippen LogP contribution is 2.20. The topological polar surface area (TPSA) is 23.8 Å². The van der Waals surface area contributed by atoms with Crippen molar-refractivity contribution >= 4 is 0 Å². The van der Waals surface area contributed by atoms with Crippen LogP contribution in [-0.2, 0) is 6.42 Å². The van der Waals surface area contributed by atoms with Crippen molar-refractivity contribution in [3.8, 4) is 6.07 Å². The molecule has 1 aromatic rings. The fourth-order valence-electron chi connectivity index (χ4n) is 1.75. The van der Waals surface area contributed by atoms with Gasteiger partial charge in [0.25, 0.3) is 0 Å². The molecule has 0 aliphatic carbocycles. The van der Waals surface area contributed by atoms with Gasteiger partial charge in [-0.2, -0.15) is 5.26 Å². The first-order chi connectivity index (χ1) is 7.31. The van der Waals surface area contributed by atoms with Crippen molar-refractivity contribution < 1.29 is 0 Å². The molecule has 0 spiro atoms. The molecule has 1 aromatic carbocycles. The smallest absolute Gasteiger partial charge is 0.0710 e. The van der Waals surface area contributed by atoms with E-state index in [1.54, 1.807) is 0 Å². The Labute approximate surface area is 92.7 Å². The third-order valence-electron chi connectivity index (χ3n) is 2.74. The van der Waals surface area contributed by atoms with Crippen LogP contribution in [0.1, 0.15) is 50.2 Å². The van der Waals surface area contributed by atoms with Gasteiger partial charge < -0.3 is 0 Å². The normalized spacial score (nSPS) is 12.1. The maximum atomic E-state index is 9.00. The van der Waals surface area contributed by atoms with E-state index in [-0.39, 0.29) is 5.92 Å². The molecule has 0 fully saturated rings. The number of hydrogen-bond donors (Lipinski definition) is 0. The predicted octanol–water partition coefficient (Wildman–Crippen LogP) is 4.05. The van der Waals surface area contributed by atoms with E-state index >= 15 is 0 Å². The fraction of sp³-hybridized carbons (Fsp3) is 0.500. The van der Waals surface area contributed by atoms with Crippen LogP contribution >= 0.6 is 0 Å². The molecule has 15 heavy (non-hydrogen) atoms. The average Bonchev–Trinajstić information content (AvgIpc) is 2.29. The van der Waals surface area contributed by atoms with Gasteiger partial charge in [-0.1, -0.05) is 44.5 Å². The van der Waals surface area contributed by atoms with Gasteiger partial charge in [0.1, 0.15) is 0 Å². The zero-order valence-corrected chi connectivity index (χ0v) is 9.66. The molecule has 0 amide bonds. The SMILES string of the molecule is CCCCc1cccc(C(C#N)CC)c1. The molecule has 80 valence electrons. The monoisotopic (exact) mass is 201 g/mol. The van der Waals surface area contributed by atoms with Crippen LogP contribution in [-0.4, -0.2) is 0 Å². The largest absolute Gasteiger partial charge is 0.198 e. The Kier molecular flexibility index (Phi) is 4.90. The number of aryl methyl sites for hydroxylation is 1.